The van der Waals surface area contributed by atoms with Gasteiger partial charge in [0.2, 0.25) is 0 Å². The van der Waals surface area contributed by atoms with E-state index in [0.717, 1.165) is 12.1 Å². The summed E-state index contributed by atoms with van der Waals surface area (Å²) in [5, 5.41) is 2.08. The van der Waals surface area contributed by atoms with Crippen molar-refractivity contribution in [2.75, 3.05) is 16.2 Å². The van der Waals surface area contributed by atoms with Crippen LogP contribution in [0.25, 0.3) is 0 Å². The Labute approximate surface area is 216 Å². The lowest BCUT2D eigenvalue weighted by Crippen LogP contribution is -2.31. The number of para-hydroxylation sites is 1. The predicted octanol–water partition coefficient (Wildman–Crippen LogP) is 5.76. The number of rotatable bonds is 8. The highest BCUT2D eigenvalue weighted by atomic mass is 35.5. The number of halogens is 4. The Bertz CT molecular complexity index is 1380. The third kappa shape index (κ3) is 6.60. The fourth-order valence-corrected chi connectivity index (χ4v) is 4.93. The second-order valence-electron chi connectivity index (χ2n) is 7.76. The monoisotopic (exact) mass is 554 g/mol. The Morgan fingerprint density at radius 3 is 2.22 bits per heavy atom. The number of nitrogens with zero attached hydrogens (tertiary/aromatic N) is 1. The zero-order chi connectivity index (χ0) is 27.4. The maximum absolute atomic E-state index is 13.1. The molecule has 3 aromatic carbocycles. The van der Waals surface area contributed by atoms with Crippen LogP contribution < -0.4 is 9.62 Å². The molecule has 0 radical (unpaired) electrons. The molecule has 0 aliphatic rings. The molecule has 3 rings (SSSR count). The third-order valence-electron chi connectivity index (χ3n) is 5.21. The number of hydrogen-bond acceptors (Lipinski definition) is 5. The van der Waals surface area contributed by atoms with E-state index in [2.05, 4.69) is 5.32 Å². The standard InChI is InChI=1S/C25H22ClF3N2O5S/c1-3-31(19-7-5-4-6-8-19)37(34,35)20-12-9-17(10-13-20)24(33)36-16(2)23(32)30-22-15-18(25(27,28)29)11-14-21(22)26/h4-16H,3H2,1-2H3,(H,30,32). The smallest absolute Gasteiger partial charge is 0.416 e. The van der Waals surface area contributed by atoms with Gasteiger partial charge < -0.3 is 10.1 Å². The van der Waals surface area contributed by atoms with Gasteiger partial charge in [0.25, 0.3) is 15.9 Å². The van der Waals surface area contributed by atoms with Crippen molar-refractivity contribution in [2.45, 2.75) is 31.0 Å². The van der Waals surface area contributed by atoms with E-state index in [0.29, 0.717) is 11.8 Å². The first-order valence-corrected chi connectivity index (χ1v) is 12.7. The Balaban J connectivity index is 1.70. The zero-order valence-electron chi connectivity index (χ0n) is 19.6. The first kappa shape index (κ1) is 28.0. The van der Waals surface area contributed by atoms with Gasteiger partial charge in [-0.05, 0) is 68.4 Å². The first-order chi connectivity index (χ1) is 17.3. The lowest BCUT2D eigenvalue weighted by molar-refractivity contribution is -0.137. The van der Waals surface area contributed by atoms with E-state index >= 15 is 0 Å². The molecule has 0 fully saturated rings. The Morgan fingerprint density at radius 1 is 1.03 bits per heavy atom. The molecule has 196 valence electrons. The SMILES string of the molecule is CCN(c1ccccc1)S(=O)(=O)c1ccc(C(=O)OC(C)C(=O)Nc2cc(C(F)(F)F)ccc2Cl)cc1. The van der Waals surface area contributed by atoms with Gasteiger partial charge in [-0.15, -0.1) is 0 Å². The molecule has 1 unspecified atom stereocenters. The summed E-state index contributed by atoms with van der Waals surface area (Å²) in [7, 11) is -3.91. The van der Waals surface area contributed by atoms with Crippen molar-refractivity contribution in [3.05, 3.63) is 88.9 Å². The van der Waals surface area contributed by atoms with Crippen LogP contribution in [0.5, 0.6) is 0 Å². The molecule has 1 N–H and O–H groups in total. The second-order valence-corrected chi connectivity index (χ2v) is 10.0. The first-order valence-electron chi connectivity index (χ1n) is 10.9. The number of esters is 1. The highest BCUT2D eigenvalue weighted by Crippen LogP contribution is 2.34. The van der Waals surface area contributed by atoms with Crippen LogP contribution in [0.2, 0.25) is 5.02 Å². The maximum atomic E-state index is 13.1. The molecule has 1 amide bonds. The number of hydrogen-bond donors (Lipinski definition) is 1. The molecule has 0 spiro atoms. The highest BCUT2D eigenvalue weighted by molar-refractivity contribution is 7.92. The molecule has 0 bridgehead atoms. The normalized spacial score (nSPS) is 12.5. The fourth-order valence-electron chi connectivity index (χ4n) is 3.29. The molecule has 0 aromatic heterocycles. The summed E-state index contributed by atoms with van der Waals surface area (Å²) >= 11 is 5.88. The number of carbonyl (C=O) groups excluding carboxylic acids is 2. The lowest BCUT2D eigenvalue weighted by Gasteiger charge is -2.23. The molecule has 0 saturated carbocycles. The summed E-state index contributed by atoms with van der Waals surface area (Å²) < 4.78 is 71.3. The van der Waals surface area contributed by atoms with Crippen LogP contribution in [0, 0.1) is 0 Å². The van der Waals surface area contributed by atoms with Gasteiger partial charge in [0.15, 0.2) is 6.10 Å². The van der Waals surface area contributed by atoms with E-state index < -0.39 is 39.7 Å². The van der Waals surface area contributed by atoms with Gasteiger partial charge in [0.1, 0.15) is 0 Å². The minimum absolute atomic E-state index is 0.0292. The van der Waals surface area contributed by atoms with Crippen LogP contribution in [-0.4, -0.2) is 32.9 Å². The average Bonchev–Trinajstić information content (AvgIpc) is 2.85. The van der Waals surface area contributed by atoms with E-state index in [4.69, 9.17) is 16.3 Å². The van der Waals surface area contributed by atoms with Crippen molar-refractivity contribution in [2.24, 2.45) is 0 Å². The summed E-state index contributed by atoms with van der Waals surface area (Å²) in [5.41, 5.74) is -0.855. The van der Waals surface area contributed by atoms with E-state index in [9.17, 15) is 31.2 Å². The van der Waals surface area contributed by atoms with Crippen molar-refractivity contribution >= 4 is 44.9 Å². The predicted molar refractivity (Wildman–Crippen MR) is 133 cm³/mol. The highest BCUT2D eigenvalue weighted by Gasteiger charge is 2.31. The Morgan fingerprint density at radius 2 is 1.65 bits per heavy atom. The van der Waals surface area contributed by atoms with Crippen LogP contribution in [0.3, 0.4) is 0 Å². The van der Waals surface area contributed by atoms with Crippen molar-refractivity contribution in [3.63, 3.8) is 0 Å². The minimum atomic E-state index is -4.64. The summed E-state index contributed by atoms with van der Waals surface area (Å²) in [6.07, 6.45) is -6.04. The fraction of sp³-hybridized carbons (Fsp3) is 0.200. The van der Waals surface area contributed by atoms with Crippen molar-refractivity contribution in [1.29, 1.82) is 0 Å². The summed E-state index contributed by atoms with van der Waals surface area (Å²) in [5.74, 6) is -1.84. The zero-order valence-corrected chi connectivity index (χ0v) is 21.2. The molecule has 0 saturated heterocycles. The van der Waals surface area contributed by atoms with Crippen molar-refractivity contribution in [3.8, 4) is 0 Å². The van der Waals surface area contributed by atoms with Crippen molar-refractivity contribution < 1.29 is 35.9 Å². The van der Waals surface area contributed by atoms with Gasteiger partial charge >= 0.3 is 12.1 Å². The molecule has 0 aliphatic carbocycles. The number of nitrogens with one attached hydrogen (secondary N) is 1. The van der Waals surface area contributed by atoms with Gasteiger partial charge in [0, 0.05) is 6.54 Å². The second kappa shape index (κ2) is 11.2. The molecule has 3 aromatic rings. The molecule has 1 atom stereocenters. The Kier molecular flexibility index (Phi) is 8.49. The number of alkyl halides is 3. The van der Waals surface area contributed by atoms with E-state index in [1.54, 1.807) is 37.3 Å². The quantitative estimate of drug-likeness (QED) is 0.358. The summed E-state index contributed by atoms with van der Waals surface area (Å²) in [6.45, 7) is 3.10. The number of sulfonamides is 1. The average molecular weight is 555 g/mol. The molecule has 0 aliphatic heterocycles. The van der Waals surface area contributed by atoms with Crippen LogP contribution in [0.1, 0.15) is 29.8 Å². The van der Waals surface area contributed by atoms with E-state index in [-0.39, 0.29) is 27.7 Å². The van der Waals surface area contributed by atoms with Gasteiger partial charge in [-0.2, -0.15) is 13.2 Å². The van der Waals surface area contributed by atoms with Crippen LogP contribution >= 0.6 is 11.6 Å². The largest absolute Gasteiger partial charge is 0.449 e. The number of ether oxygens (including phenoxy) is 1. The van der Waals surface area contributed by atoms with Gasteiger partial charge in [-0.1, -0.05) is 29.8 Å². The number of anilines is 2. The van der Waals surface area contributed by atoms with Gasteiger partial charge in [-0.25, -0.2) is 13.2 Å². The molecule has 12 heteroatoms. The number of benzene rings is 3. The molecule has 0 heterocycles. The number of carbonyl (C=O) groups is 2. The van der Waals surface area contributed by atoms with E-state index in [1.165, 1.54) is 35.5 Å². The minimum Gasteiger partial charge on any atom is -0.449 e. The maximum Gasteiger partial charge on any atom is 0.416 e. The van der Waals surface area contributed by atoms with Gasteiger partial charge in [-0.3, -0.25) is 9.10 Å². The van der Waals surface area contributed by atoms with E-state index in [1.807, 2.05) is 0 Å². The molecular weight excluding hydrogens is 533 g/mol. The molecular formula is C25H22ClF3N2O5S. The van der Waals surface area contributed by atoms with Crippen LogP contribution in [0.15, 0.2) is 77.7 Å². The van der Waals surface area contributed by atoms with Crippen LogP contribution in [-0.2, 0) is 25.7 Å². The van der Waals surface area contributed by atoms with Crippen molar-refractivity contribution in [1.82, 2.24) is 0 Å². The topological polar surface area (TPSA) is 92.8 Å². The number of amides is 1. The molecule has 37 heavy (non-hydrogen) atoms. The lowest BCUT2D eigenvalue weighted by atomic mass is 10.2. The molecule has 7 nitrogen and oxygen atoms in total. The Hall–Kier alpha value is -3.57. The third-order valence-corrected chi connectivity index (χ3v) is 7.46. The summed E-state index contributed by atoms with van der Waals surface area (Å²) in [4.78, 5) is 24.9. The summed E-state index contributed by atoms with van der Waals surface area (Å²) in [6, 6.07) is 15.9. The van der Waals surface area contributed by atoms with Crippen LogP contribution in [0.4, 0.5) is 24.5 Å². The van der Waals surface area contributed by atoms with Gasteiger partial charge in [0.05, 0.1) is 32.4 Å².